The summed E-state index contributed by atoms with van der Waals surface area (Å²) in [5.74, 6) is 0. The second-order valence-corrected chi connectivity index (χ2v) is 5.66. The number of alkyl halides is 3. The van der Waals surface area contributed by atoms with Gasteiger partial charge in [0.15, 0.2) is 0 Å². The Morgan fingerprint density at radius 3 is 2.62 bits per heavy atom. The van der Waals surface area contributed by atoms with Crippen molar-refractivity contribution in [2.24, 2.45) is 0 Å². The molecule has 0 spiro atoms. The highest BCUT2D eigenvalue weighted by Crippen LogP contribution is 2.23. The van der Waals surface area contributed by atoms with Crippen molar-refractivity contribution >= 4 is 10.9 Å². The first-order chi connectivity index (χ1) is 9.85. The third kappa shape index (κ3) is 4.77. The molecule has 0 aliphatic rings. The second-order valence-electron chi connectivity index (χ2n) is 5.66. The molecule has 0 aliphatic carbocycles. The molecule has 1 aromatic heterocycles. The maximum Gasteiger partial charge on any atom is 0.389 e. The van der Waals surface area contributed by atoms with E-state index in [1.807, 2.05) is 29.0 Å². The van der Waals surface area contributed by atoms with Crippen molar-refractivity contribution in [3.8, 4) is 0 Å². The minimum atomic E-state index is -4.07. The first-order valence-corrected chi connectivity index (χ1v) is 7.23. The number of hydrogen-bond acceptors (Lipinski definition) is 1. The highest BCUT2D eigenvalue weighted by molar-refractivity contribution is 5.80. The number of benzene rings is 1. The fraction of sp³-hybridized carbons (Fsp3) is 0.500. The molecule has 2 nitrogen and oxygen atoms in total. The van der Waals surface area contributed by atoms with E-state index in [1.54, 1.807) is 0 Å². The number of aryl methyl sites for hydroxylation is 1. The molecule has 0 atom stereocenters. The Hall–Kier alpha value is -1.49. The van der Waals surface area contributed by atoms with E-state index in [9.17, 15) is 13.2 Å². The average molecular weight is 298 g/mol. The lowest BCUT2D eigenvalue weighted by atomic mass is 10.1. The third-order valence-corrected chi connectivity index (χ3v) is 3.41. The van der Waals surface area contributed by atoms with Crippen molar-refractivity contribution in [3.63, 3.8) is 0 Å². The van der Waals surface area contributed by atoms with Crippen molar-refractivity contribution in [1.82, 2.24) is 9.88 Å². The standard InChI is InChI=1S/C16H21F3N2/c1-12(2)20-11-13-4-5-15-14(10-13)6-9-21(15)8-3-7-16(17,18)19/h4-6,9-10,12,20H,3,7-8,11H2,1-2H3. The zero-order valence-electron chi connectivity index (χ0n) is 12.4. The first kappa shape index (κ1) is 15.9. The molecule has 0 saturated heterocycles. The Bertz CT molecular complexity index is 585. The van der Waals surface area contributed by atoms with Crippen LogP contribution in [0.3, 0.4) is 0 Å². The lowest BCUT2D eigenvalue weighted by Gasteiger charge is -2.10. The Morgan fingerprint density at radius 1 is 1.19 bits per heavy atom. The molecule has 0 aliphatic heterocycles. The van der Waals surface area contributed by atoms with E-state index in [0.717, 1.165) is 17.4 Å². The third-order valence-electron chi connectivity index (χ3n) is 3.41. The number of nitrogens with zero attached hydrogens (tertiary/aromatic N) is 1. The quantitative estimate of drug-likeness (QED) is 0.832. The zero-order valence-corrected chi connectivity index (χ0v) is 12.4. The summed E-state index contributed by atoms with van der Waals surface area (Å²) in [6.07, 6.45) is -2.83. The molecule has 1 heterocycles. The van der Waals surface area contributed by atoms with Gasteiger partial charge in [0.1, 0.15) is 0 Å². The van der Waals surface area contributed by atoms with Gasteiger partial charge in [-0.3, -0.25) is 0 Å². The van der Waals surface area contributed by atoms with Crippen LogP contribution >= 0.6 is 0 Å². The van der Waals surface area contributed by atoms with Crippen LogP contribution in [0.2, 0.25) is 0 Å². The zero-order chi connectivity index (χ0) is 15.5. The smallest absolute Gasteiger partial charge is 0.347 e. The van der Waals surface area contributed by atoms with E-state index in [2.05, 4.69) is 25.2 Å². The van der Waals surface area contributed by atoms with Crippen LogP contribution in [0.5, 0.6) is 0 Å². The summed E-state index contributed by atoms with van der Waals surface area (Å²) in [5, 5.41) is 4.43. The van der Waals surface area contributed by atoms with Gasteiger partial charge in [0.05, 0.1) is 0 Å². The van der Waals surface area contributed by atoms with E-state index >= 15 is 0 Å². The molecule has 0 fully saturated rings. The van der Waals surface area contributed by atoms with Gasteiger partial charge in [-0.15, -0.1) is 0 Å². The monoisotopic (exact) mass is 298 g/mol. The SMILES string of the molecule is CC(C)NCc1ccc2c(ccn2CCCC(F)(F)F)c1. The van der Waals surface area contributed by atoms with Crippen LogP contribution in [0, 0.1) is 0 Å². The fourth-order valence-corrected chi connectivity index (χ4v) is 2.33. The largest absolute Gasteiger partial charge is 0.389 e. The normalized spacial score (nSPS) is 12.5. The predicted octanol–water partition coefficient (Wildman–Crippen LogP) is 4.48. The molecule has 116 valence electrons. The molecular weight excluding hydrogens is 277 g/mol. The van der Waals surface area contributed by atoms with Crippen LogP contribution < -0.4 is 5.32 Å². The summed E-state index contributed by atoms with van der Waals surface area (Å²) in [5.41, 5.74) is 2.18. The van der Waals surface area contributed by atoms with Gasteiger partial charge in [0, 0.05) is 37.3 Å². The van der Waals surface area contributed by atoms with Gasteiger partial charge in [0.25, 0.3) is 0 Å². The highest BCUT2D eigenvalue weighted by Gasteiger charge is 2.26. The molecule has 5 heteroatoms. The van der Waals surface area contributed by atoms with E-state index < -0.39 is 12.6 Å². The van der Waals surface area contributed by atoms with Crippen molar-refractivity contribution < 1.29 is 13.2 Å². The number of hydrogen-bond donors (Lipinski definition) is 1. The van der Waals surface area contributed by atoms with Gasteiger partial charge in [-0.25, -0.2) is 0 Å². The van der Waals surface area contributed by atoms with Crippen molar-refractivity contribution in [3.05, 3.63) is 36.0 Å². The summed E-state index contributed by atoms with van der Waals surface area (Å²) in [7, 11) is 0. The number of fused-ring (bicyclic) bond motifs is 1. The molecule has 0 radical (unpaired) electrons. The number of rotatable bonds is 6. The minimum Gasteiger partial charge on any atom is -0.347 e. The lowest BCUT2D eigenvalue weighted by Crippen LogP contribution is -2.21. The van der Waals surface area contributed by atoms with Gasteiger partial charge in [0.2, 0.25) is 0 Å². The second kappa shape index (κ2) is 6.52. The van der Waals surface area contributed by atoms with Crippen molar-refractivity contribution in [2.75, 3.05) is 0 Å². The van der Waals surface area contributed by atoms with E-state index in [0.29, 0.717) is 12.6 Å². The molecule has 2 aromatic rings. The summed E-state index contributed by atoms with van der Waals surface area (Å²) >= 11 is 0. The fourth-order valence-electron chi connectivity index (χ4n) is 2.33. The predicted molar refractivity (Wildman–Crippen MR) is 79.2 cm³/mol. The molecule has 0 unspecified atom stereocenters. The molecule has 21 heavy (non-hydrogen) atoms. The number of aromatic nitrogens is 1. The summed E-state index contributed by atoms with van der Waals surface area (Å²) in [4.78, 5) is 0. The van der Waals surface area contributed by atoms with Gasteiger partial charge < -0.3 is 9.88 Å². The number of nitrogens with one attached hydrogen (secondary N) is 1. The lowest BCUT2D eigenvalue weighted by molar-refractivity contribution is -0.135. The Morgan fingerprint density at radius 2 is 1.95 bits per heavy atom. The Labute approximate surface area is 122 Å². The topological polar surface area (TPSA) is 17.0 Å². The Balaban J connectivity index is 2.03. The van der Waals surface area contributed by atoms with Gasteiger partial charge >= 0.3 is 6.18 Å². The number of halogens is 3. The van der Waals surface area contributed by atoms with Crippen molar-refractivity contribution in [2.45, 2.75) is 52.0 Å². The van der Waals surface area contributed by atoms with E-state index in [4.69, 9.17) is 0 Å². The van der Waals surface area contributed by atoms with E-state index in [1.165, 1.54) is 5.56 Å². The first-order valence-electron chi connectivity index (χ1n) is 7.23. The van der Waals surface area contributed by atoms with Crippen LogP contribution in [0.15, 0.2) is 30.5 Å². The van der Waals surface area contributed by atoms with Gasteiger partial charge in [-0.2, -0.15) is 13.2 Å². The van der Waals surface area contributed by atoms with Gasteiger partial charge in [-0.1, -0.05) is 19.9 Å². The maximum absolute atomic E-state index is 12.2. The summed E-state index contributed by atoms with van der Waals surface area (Å²) < 4.78 is 38.4. The van der Waals surface area contributed by atoms with Crippen LogP contribution in [0.1, 0.15) is 32.3 Å². The molecule has 1 aromatic carbocycles. The summed E-state index contributed by atoms with van der Waals surface area (Å²) in [6, 6.07) is 8.48. The molecule has 1 N–H and O–H groups in total. The minimum absolute atomic E-state index is 0.115. The van der Waals surface area contributed by atoms with Crippen LogP contribution in [0.25, 0.3) is 10.9 Å². The van der Waals surface area contributed by atoms with Crippen molar-refractivity contribution in [1.29, 1.82) is 0 Å². The highest BCUT2D eigenvalue weighted by atomic mass is 19.4. The van der Waals surface area contributed by atoms with Crippen LogP contribution in [-0.2, 0) is 13.1 Å². The van der Waals surface area contributed by atoms with Gasteiger partial charge in [-0.05, 0) is 35.6 Å². The molecule has 0 amide bonds. The van der Waals surface area contributed by atoms with Crippen LogP contribution in [0.4, 0.5) is 13.2 Å². The maximum atomic E-state index is 12.2. The van der Waals surface area contributed by atoms with Crippen LogP contribution in [-0.4, -0.2) is 16.8 Å². The molecule has 2 rings (SSSR count). The average Bonchev–Trinajstić information content (AvgIpc) is 2.77. The van der Waals surface area contributed by atoms with E-state index in [-0.39, 0.29) is 6.42 Å². The molecular formula is C16H21F3N2. The Kier molecular flexibility index (Phi) is 4.93. The summed E-state index contributed by atoms with van der Waals surface area (Å²) in [6.45, 7) is 5.38. The molecule has 0 bridgehead atoms. The molecule has 0 saturated carbocycles.